The fourth-order valence-corrected chi connectivity index (χ4v) is 2.27. The van der Waals surface area contributed by atoms with E-state index >= 15 is 0 Å². The number of hydrogen-bond acceptors (Lipinski definition) is 2. The molecule has 0 aliphatic heterocycles. The SMILES string of the molecule is CCOC(=O)[C@@H](Cc1cccc2ccccc12)C(F)(F)F. The van der Waals surface area contributed by atoms with Gasteiger partial charge in [-0.3, -0.25) is 4.79 Å². The first-order chi connectivity index (χ1) is 9.93. The molecule has 0 amide bonds. The van der Waals surface area contributed by atoms with E-state index in [4.69, 9.17) is 0 Å². The molecule has 0 N–H and O–H groups in total. The van der Waals surface area contributed by atoms with E-state index in [9.17, 15) is 18.0 Å². The first-order valence-electron chi connectivity index (χ1n) is 6.63. The first kappa shape index (κ1) is 15.4. The highest BCUT2D eigenvalue weighted by Gasteiger charge is 2.45. The third kappa shape index (κ3) is 3.54. The second-order valence-corrected chi connectivity index (χ2v) is 4.69. The third-order valence-electron chi connectivity index (χ3n) is 3.27. The van der Waals surface area contributed by atoms with Crippen molar-refractivity contribution in [3.05, 3.63) is 48.0 Å². The molecule has 1 atom stereocenters. The van der Waals surface area contributed by atoms with Gasteiger partial charge in [0, 0.05) is 0 Å². The number of hydrogen-bond donors (Lipinski definition) is 0. The minimum atomic E-state index is -4.62. The van der Waals surface area contributed by atoms with Gasteiger partial charge in [0.15, 0.2) is 5.92 Å². The molecule has 0 aliphatic carbocycles. The molecule has 0 radical (unpaired) electrons. The molecule has 0 spiro atoms. The summed E-state index contributed by atoms with van der Waals surface area (Å²) in [6, 6.07) is 12.3. The molecule has 0 fully saturated rings. The lowest BCUT2D eigenvalue weighted by molar-refractivity contribution is -0.197. The molecule has 2 rings (SSSR count). The van der Waals surface area contributed by atoms with Gasteiger partial charge in [-0.25, -0.2) is 0 Å². The van der Waals surface area contributed by atoms with Crippen molar-refractivity contribution in [1.29, 1.82) is 0 Å². The van der Waals surface area contributed by atoms with Gasteiger partial charge in [0.05, 0.1) is 6.61 Å². The van der Waals surface area contributed by atoms with Crippen LogP contribution in [0.25, 0.3) is 10.8 Å². The summed E-state index contributed by atoms with van der Waals surface area (Å²) >= 11 is 0. The predicted octanol–water partition coefficient (Wildman–Crippen LogP) is 4.12. The molecule has 0 bridgehead atoms. The third-order valence-corrected chi connectivity index (χ3v) is 3.27. The standard InChI is InChI=1S/C16H15F3O2/c1-2-21-15(20)14(16(17,18)19)10-12-8-5-7-11-6-3-4-9-13(11)12/h3-9,14H,2,10H2,1H3/t14-/m1/s1. The van der Waals surface area contributed by atoms with E-state index in [1.54, 1.807) is 24.3 Å². The summed E-state index contributed by atoms with van der Waals surface area (Å²) in [6.45, 7) is 1.42. The Morgan fingerprint density at radius 1 is 1.14 bits per heavy atom. The van der Waals surface area contributed by atoms with E-state index in [1.165, 1.54) is 6.92 Å². The van der Waals surface area contributed by atoms with Gasteiger partial charge in [0.2, 0.25) is 0 Å². The Kier molecular flexibility index (Phi) is 4.50. The zero-order valence-electron chi connectivity index (χ0n) is 11.5. The molecule has 0 heterocycles. The first-order valence-corrected chi connectivity index (χ1v) is 6.63. The van der Waals surface area contributed by atoms with Crippen LogP contribution in [-0.2, 0) is 16.0 Å². The summed E-state index contributed by atoms with van der Waals surface area (Å²) in [5.41, 5.74) is 0.489. The monoisotopic (exact) mass is 296 g/mol. The summed E-state index contributed by atoms with van der Waals surface area (Å²) in [5.74, 6) is -3.36. The highest BCUT2D eigenvalue weighted by molar-refractivity contribution is 5.86. The molecule has 0 saturated carbocycles. The topological polar surface area (TPSA) is 26.3 Å². The number of carbonyl (C=O) groups is 1. The van der Waals surface area contributed by atoms with Crippen LogP contribution in [0.5, 0.6) is 0 Å². The van der Waals surface area contributed by atoms with Crippen LogP contribution in [0.1, 0.15) is 12.5 Å². The molecule has 21 heavy (non-hydrogen) atoms. The van der Waals surface area contributed by atoms with Gasteiger partial charge in [-0.1, -0.05) is 42.5 Å². The average Bonchev–Trinajstić information content (AvgIpc) is 2.43. The maximum atomic E-state index is 13.1. The fraction of sp³-hybridized carbons (Fsp3) is 0.312. The van der Waals surface area contributed by atoms with Crippen LogP contribution in [0.3, 0.4) is 0 Å². The zero-order chi connectivity index (χ0) is 15.5. The molecule has 2 aromatic carbocycles. The van der Waals surface area contributed by atoms with Gasteiger partial charge in [-0.2, -0.15) is 13.2 Å². The number of carbonyl (C=O) groups excluding carboxylic acids is 1. The van der Waals surface area contributed by atoms with Crippen LogP contribution in [0, 0.1) is 5.92 Å². The number of ether oxygens (including phenoxy) is 1. The van der Waals surface area contributed by atoms with Crippen molar-refractivity contribution in [2.75, 3.05) is 6.61 Å². The van der Waals surface area contributed by atoms with Gasteiger partial charge in [0.1, 0.15) is 0 Å². The van der Waals surface area contributed by atoms with Crippen LogP contribution in [0.2, 0.25) is 0 Å². The molecule has 0 unspecified atom stereocenters. The number of alkyl halides is 3. The molecule has 2 nitrogen and oxygen atoms in total. The smallest absolute Gasteiger partial charge is 0.402 e. The lowest BCUT2D eigenvalue weighted by Crippen LogP contribution is -2.34. The lowest BCUT2D eigenvalue weighted by atomic mass is 9.94. The minimum Gasteiger partial charge on any atom is -0.466 e. The van der Waals surface area contributed by atoms with Gasteiger partial charge in [-0.05, 0) is 29.7 Å². The van der Waals surface area contributed by atoms with E-state index in [2.05, 4.69) is 4.74 Å². The highest BCUT2D eigenvalue weighted by atomic mass is 19.4. The highest BCUT2D eigenvalue weighted by Crippen LogP contribution is 2.32. The van der Waals surface area contributed by atoms with Crippen molar-refractivity contribution in [3.8, 4) is 0 Å². The molecular weight excluding hydrogens is 281 g/mol. The molecule has 5 heteroatoms. The lowest BCUT2D eigenvalue weighted by Gasteiger charge is -2.19. The Balaban J connectivity index is 2.37. The second kappa shape index (κ2) is 6.16. The molecule has 0 aliphatic rings. The normalized spacial score (nSPS) is 13.1. The summed E-state index contributed by atoms with van der Waals surface area (Å²) in [5, 5.41) is 1.57. The quantitative estimate of drug-likeness (QED) is 0.793. The fourth-order valence-electron chi connectivity index (χ4n) is 2.27. The largest absolute Gasteiger partial charge is 0.466 e. The van der Waals surface area contributed by atoms with E-state index in [1.807, 2.05) is 18.2 Å². The Morgan fingerprint density at radius 3 is 2.48 bits per heavy atom. The number of fused-ring (bicyclic) bond motifs is 1. The van der Waals surface area contributed by atoms with Crippen LogP contribution < -0.4 is 0 Å². The Labute approximate surface area is 120 Å². The number of halogens is 3. The summed E-state index contributed by atoms with van der Waals surface area (Å²) in [7, 11) is 0. The predicted molar refractivity (Wildman–Crippen MR) is 73.8 cm³/mol. The van der Waals surface area contributed by atoms with Crippen LogP contribution >= 0.6 is 0 Å². The van der Waals surface area contributed by atoms with Gasteiger partial charge in [0.25, 0.3) is 0 Å². The van der Waals surface area contributed by atoms with Crippen molar-refractivity contribution < 1.29 is 22.7 Å². The zero-order valence-corrected chi connectivity index (χ0v) is 11.5. The Bertz CT molecular complexity index is 629. The van der Waals surface area contributed by atoms with Crippen molar-refractivity contribution in [2.24, 2.45) is 5.92 Å². The Hall–Kier alpha value is -2.04. The maximum Gasteiger partial charge on any atom is 0.402 e. The van der Waals surface area contributed by atoms with Gasteiger partial charge in [-0.15, -0.1) is 0 Å². The van der Waals surface area contributed by atoms with E-state index in [0.717, 1.165) is 10.8 Å². The molecule has 112 valence electrons. The molecule has 0 saturated heterocycles. The van der Waals surface area contributed by atoms with Crippen LogP contribution in [-0.4, -0.2) is 18.8 Å². The maximum absolute atomic E-state index is 13.1. The van der Waals surface area contributed by atoms with E-state index in [0.29, 0.717) is 5.56 Å². The Morgan fingerprint density at radius 2 is 1.81 bits per heavy atom. The number of rotatable bonds is 4. The summed E-state index contributed by atoms with van der Waals surface area (Å²) < 4.78 is 43.8. The summed E-state index contributed by atoms with van der Waals surface area (Å²) in [4.78, 5) is 11.6. The van der Waals surface area contributed by atoms with Crippen molar-refractivity contribution in [3.63, 3.8) is 0 Å². The van der Waals surface area contributed by atoms with Crippen LogP contribution in [0.15, 0.2) is 42.5 Å². The van der Waals surface area contributed by atoms with Gasteiger partial charge >= 0.3 is 12.1 Å². The molecule has 2 aromatic rings. The second-order valence-electron chi connectivity index (χ2n) is 4.69. The number of esters is 1. The van der Waals surface area contributed by atoms with E-state index in [-0.39, 0.29) is 6.61 Å². The van der Waals surface area contributed by atoms with Crippen molar-refractivity contribution >= 4 is 16.7 Å². The average molecular weight is 296 g/mol. The molecular formula is C16H15F3O2. The number of benzene rings is 2. The van der Waals surface area contributed by atoms with E-state index < -0.39 is 24.5 Å². The van der Waals surface area contributed by atoms with Crippen molar-refractivity contribution in [2.45, 2.75) is 19.5 Å². The minimum absolute atomic E-state index is 0.0685. The summed E-state index contributed by atoms with van der Waals surface area (Å²) in [6.07, 6.45) is -5.03. The van der Waals surface area contributed by atoms with Crippen molar-refractivity contribution in [1.82, 2.24) is 0 Å². The van der Waals surface area contributed by atoms with Gasteiger partial charge < -0.3 is 4.74 Å². The van der Waals surface area contributed by atoms with Crippen LogP contribution in [0.4, 0.5) is 13.2 Å². The molecule has 0 aromatic heterocycles.